The van der Waals surface area contributed by atoms with Crippen LogP contribution in [-0.4, -0.2) is 31.2 Å². The molecule has 0 aliphatic rings. The number of nitrogens with one attached hydrogen (secondary N) is 1. The zero-order chi connectivity index (χ0) is 12.3. The third-order valence-corrected chi connectivity index (χ3v) is 1.88. The molecular formula is C9H9N5O3. The fraction of sp³-hybridized carbons (Fsp3) is 0.222. The summed E-state index contributed by atoms with van der Waals surface area (Å²) in [5, 5.41) is 15.3. The Morgan fingerprint density at radius 3 is 2.88 bits per heavy atom. The summed E-state index contributed by atoms with van der Waals surface area (Å²) in [6.45, 7) is 1.89. The van der Waals surface area contributed by atoms with E-state index in [1.54, 1.807) is 6.92 Å². The second-order valence-electron chi connectivity index (χ2n) is 3.15. The van der Waals surface area contributed by atoms with Crippen molar-refractivity contribution in [3.8, 4) is 0 Å². The van der Waals surface area contributed by atoms with Crippen LogP contribution in [0.15, 0.2) is 16.9 Å². The van der Waals surface area contributed by atoms with Gasteiger partial charge >= 0.3 is 5.97 Å². The number of rotatable bonds is 4. The minimum absolute atomic E-state index is 0.149. The Hall–Kier alpha value is -2.51. The first-order valence-electron chi connectivity index (χ1n) is 4.74. The molecule has 0 aliphatic heterocycles. The highest BCUT2D eigenvalue weighted by Crippen LogP contribution is 2.09. The van der Waals surface area contributed by atoms with Gasteiger partial charge in [0, 0.05) is 12.4 Å². The summed E-state index contributed by atoms with van der Waals surface area (Å²) < 4.78 is 4.87. The van der Waals surface area contributed by atoms with Gasteiger partial charge in [-0.25, -0.2) is 14.8 Å². The Morgan fingerprint density at radius 1 is 1.47 bits per heavy atom. The van der Waals surface area contributed by atoms with Gasteiger partial charge in [0.25, 0.3) is 0 Å². The summed E-state index contributed by atoms with van der Waals surface area (Å²) in [5.41, 5.74) is -0.149. The second kappa shape index (κ2) is 4.56. The molecule has 2 rings (SSSR count). The summed E-state index contributed by atoms with van der Waals surface area (Å²) in [5.74, 6) is -0.123. The number of carboxylic acids is 1. The van der Waals surface area contributed by atoms with Crippen LogP contribution in [0.25, 0.3) is 0 Å². The van der Waals surface area contributed by atoms with Gasteiger partial charge in [-0.3, -0.25) is 0 Å². The first kappa shape index (κ1) is 11.0. The number of anilines is 1. The van der Waals surface area contributed by atoms with Crippen molar-refractivity contribution in [2.75, 3.05) is 5.32 Å². The van der Waals surface area contributed by atoms with Crippen LogP contribution in [0.4, 0.5) is 5.82 Å². The predicted molar refractivity (Wildman–Crippen MR) is 55.4 cm³/mol. The topological polar surface area (TPSA) is 114 Å². The summed E-state index contributed by atoms with van der Waals surface area (Å²) >= 11 is 0. The lowest BCUT2D eigenvalue weighted by Gasteiger charge is -2.04. The highest BCUT2D eigenvalue weighted by molar-refractivity contribution is 5.90. The van der Waals surface area contributed by atoms with Gasteiger partial charge in [-0.1, -0.05) is 5.16 Å². The molecule has 8 nitrogen and oxygen atoms in total. The van der Waals surface area contributed by atoms with Crippen LogP contribution in [-0.2, 0) is 6.54 Å². The number of aromatic nitrogens is 4. The maximum atomic E-state index is 10.8. The van der Waals surface area contributed by atoms with Crippen LogP contribution in [0.2, 0.25) is 0 Å². The minimum Gasteiger partial charge on any atom is -0.476 e. The minimum atomic E-state index is -1.15. The highest BCUT2D eigenvalue weighted by Gasteiger charge is 2.13. The van der Waals surface area contributed by atoms with Gasteiger partial charge < -0.3 is 14.9 Å². The van der Waals surface area contributed by atoms with Gasteiger partial charge in [-0.15, -0.1) is 0 Å². The van der Waals surface area contributed by atoms with E-state index in [2.05, 4.69) is 25.4 Å². The number of aryl methyl sites for hydroxylation is 1. The Kier molecular flexibility index (Phi) is 2.95. The Morgan fingerprint density at radius 2 is 2.24 bits per heavy atom. The van der Waals surface area contributed by atoms with Gasteiger partial charge in [0.15, 0.2) is 17.3 Å². The number of aromatic carboxylic acids is 1. The molecule has 0 fully saturated rings. The van der Waals surface area contributed by atoms with Crippen molar-refractivity contribution >= 4 is 11.8 Å². The van der Waals surface area contributed by atoms with Crippen molar-refractivity contribution in [3.63, 3.8) is 0 Å². The van der Waals surface area contributed by atoms with Crippen LogP contribution >= 0.6 is 0 Å². The molecule has 2 heterocycles. The quantitative estimate of drug-likeness (QED) is 0.786. The van der Waals surface area contributed by atoms with Gasteiger partial charge in [0.2, 0.25) is 5.89 Å². The third kappa shape index (κ3) is 2.54. The van der Waals surface area contributed by atoms with Gasteiger partial charge in [0.05, 0.1) is 6.54 Å². The Bertz CT molecular complexity index is 539. The lowest BCUT2D eigenvalue weighted by molar-refractivity contribution is 0.0691. The van der Waals surface area contributed by atoms with E-state index in [0.717, 1.165) is 0 Å². The van der Waals surface area contributed by atoms with Crippen LogP contribution in [0.1, 0.15) is 22.2 Å². The standard InChI is InChI=1S/C9H9N5O3/c1-5-13-6(17-14-5)4-12-8-7(9(15)16)10-2-3-11-8/h2-3H,4H2,1H3,(H,11,12)(H,15,16). The maximum Gasteiger partial charge on any atom is 0.358 e. The SMILES string of the molecule is Cc1noc(CNc2nccnc2C(=O)O)n1. The summed E-state index contributed by atoms with van der Waals surface area (Å²) in [6.07, 6.45) is 2.71. The van der Waals surface area contributed by atoms with Crippen molar-refractivity contribution in [2.24, 2.45) is 0 Å². The number of hydrogen-bond acceptors (Lipinski definition) is 7. The lowest BCUT2D eigenvalue weighted by Crippen LogP contribution is -2.10. The fourth-order valence-corrected chi connectivity index (χ4v) is 1.20. The Balaban J connectivity index is 2.11. The molecule has 2 aromatic rings. The molecule has 88 valence electrons. The van der Waals surface area contributed by atoms with Crippen molar-refractivity contribution in [3.05, 3.63) is 29.8 Å². The molecule has 17 heavy (non-hydrogen) atoms. The van der Waals surface area contributed by atoms with E-state index in [9.17, 15) is 4.79 Å². The van der Waals surface area contributed by atoms with Gasteiger partial charge in [-0.05, 0) is 6.92 Å². The first-order valence-corrected chi connectivity index (χ1v) is 4.74. The van der Waals surface area contributed by atoms with Crippen molar-refractivity contribution in [2.45, 2.75) is 13.5 Å². The maximum absolute atomic E-state index is 10.8. The van der Waals surface area contributed by atoms with E-state index >= 15 is 0 Å². The zero-order valence-corrected chi connectivity index (χ0v) is 8.91. The van der Waals surface area contributed by atoms with Gasteiger partial charge in [0.1, 0.15) is 0 Å². The average Bonchev–Trinajstić information content (AvgIpc) is 2.73. The molecule has 0 unspecified atom stereocenters. The summed E-state index contributed by atoms with van der Waals surface area (Å²) in [7, 11) is 0. The van der Waals surface area contributed by atoms with Crippen LogP contribution < -0.4 is 5.32 Å². The second-order valence-corrected chi connectivity index (χ2v) is 3.15. The van der Waals surface area contributed by atoms with E-state index in [4.69, 9.17) is 9.63 Å². The van der Waals surface area contributed by atoms with Crippen LogP contribution in [0.5, 0.6) is 0 Å². The predicted octanol–water partition coefficient (Wildman–Crippen LogP) is 0.478. The largest absolute Gasteiger partial charge is 0.476 e. The molecule has 2 N–H and O–H groups in total. The van der Waals surface area contributed by atoms with Crippen molar-refractivity contribution in [1.82, 2.24) is 20.1 Å². The van der Waals surface area contributed by atoms with Crippen molar-refractivity contribution < 1.29 is 14.4 Å². The molecule has 2 aromatic heterocycles. The molecule has 0 bridgehead atoms. The summed E-state index contributed by atoms with van der Waals surface area (Å²) in [4.78, 5) is 22.4. The number of carboxylic acid groups (broad SMARTS) is 1. The van der Waals surface area contributed by atoms with E-state index in [-0.39, 0.29) is 18.1 Å². The third-order valence-electron chi connectivity index (χ3n) is 1.88. The van der Waals surface area contributed by atoms with Crippen LogP contribution in [0.3, 0.4) is 0 Å². The van der Waals surface area contributed by atoms with E-state index in [1.165, 1.54) is 12.4 Å². The molecule has 0 aromatic carbocycles. The highest BCUT2D eigenvalue weighted by atomic mass is 16.5. The first-order chi connectivity index (χ1) is 8.16. The van der Waals surface area contributed by atoms with E-state index in [0.29, 0.717) is 11.7 Å². The van der Waals surface area contributed by atoms with E-state index in [1.807, 2.05) is 0 Å². The van der Waals surface area contributed by atoms with Crippen molar-refractivity contribution in [1.29, 1.82) is 0 Å². The molecule has 8 heteroatoms. The molecular weight excluding hydrogens is 226 g/mol. The Labute approximate surface area is 95.7 Å². The monoisotopic (exact) mass is 235 g/mol. The average molecular weight is 235 g/mol. The molecule has 0 amide bonds. The van der Waals surface area contributed by atoms with Crippen LogP contribution in [0, 0.1) is 6.92 Å². The lowest BCUT2D eigenvalue weighted by atomic mass is 10.4. The number of hydrogen-bond donors (Lipinski definition) is 2. The molecule has 0 atom stereocenters. The summed E-state index contributed by atoms with van der Waals surface area (Å²) in [6, 6.07) is 0. The molecule has 0 aliphatic carbocycles. The molecule has 0 radical (unpaired) electrons. The normalized spacial score (nSPS) is 10.2. The zero-order valence-electron chi connectivity index (χ0n) is 8.91. The molecule has 0 saturated heterocycles. The molecule has 0 spiro atoms. The number of nitrogens with zero attached hydrogens (tertiary/aromatic N) is 4. The fourth-order valence-electron chi connectivity index (χ4n) is 1.20. The smallest absolute Gasteiger partial charge is 0.358 e. The molecule has 0 saturated carbocycles. The van der Waals surface area contributed by atoms with Gasteiger partial charge in [-0.2, -0.15) is 4.98 Å². The van der Waals surface area contributed by atoms with E-state index < -0.39 is 5.97 Å². The number of carbonyl (C=O) groups is 1.